The Morgan fingerprint density at radius 3 is 2.33 bits per heavy atom. The van der Waals surface area contributed by atoms with Crippen LogP contribution in [-0.2, 0) is 13.0 Å². The van der Waals surface area contributed by atoms with E-state index in [0.29, 0.717) is 23.3 Å². The van der Waals surface area contributed by atoms with E-state index in [2.05, 4.69) is 30.4 Å². The molecule has 24 heavy (non-hydrogen) atoms. The van der Waals surface area contributed by atoms with Crippen LogP contribution in [-0.4, -0.2) is 21.3 Å². The number of ether oxygens (including phenoxy) is 3. The molecule has 0 radical (unpaired) electrons. The normalized spacial score (nSPS) is 15.9. The molecular weight excluding hydrogens is 302 g/mol. The highest BCUT2D eigenvalue weighted by molar-refractivity contribution is 5.53. The fraction of sp³-hybridized carbons (Fsp3) is 0.400. The molecule has 1 aliphatic rings. The fourth-order valence-corrected chi connectivity index (χ4v) is 3.41. The maximum atomic E-state index is 5.43. The van der Waals surface area contributed by atoms with Crippen molar-refractivity contribution in [2.75, 3.05) is 21.3 Å². The summed E-state index contributed by atoms with van der Waals surface area (Å²) in [5.41, 5.74) is 5.33. The maximum absolute atomic E-state index is 5.43. The Morgan fingerprint density at radius 2 is 1.71 bits per heavy atom. The highest BCUT2D eigenvalue weighted by Gasteiger charge is 2.22. The second-order valence-corrected chi connectivity index (χ2v) is 6.21. The third-order valence-corrected chi connectivity index (χ3v) is 4.66. The predicted molar refractivity (Wildman–Crippen MR) is 95.2 cm³/mol. The number of aryl methyl sites for hydroxylation is 2. The number of nitrogens with one attached hydrogen (secondary N) is 1. The molecule has 2 aromatic rings. The van der Waals surface area contributed by atoms with Crippen molar-refractivity contribution in [1.29, 1.82) is 0 Å². The average molecular weight is 327 g/mol. The van der Waals surface area contributed by atoms with Gasteiger partial charge in [-0.15, -0.1) is 0 Å². The lowest BCUT2D eigenvalue weighted by Crippen LogP contribution is -2.18. The van der Waals surface area contributed by atoms with Crippen LogP contribution in [0.15, 0.2) is 30.3 Å². The first kappa shape index (κ1) is 16.7. The molecular formula is C20H25NO3. The molecule has 0 saturated carbocycles. The summed E-state index contributed by atoms with van der Waals surface area (Å²) in [5.74, 6) is 2.01. The molecule has 1 unspecified atom stereocenters. The summed E-state index contributed by atoms with van der Waals surface area (Å²) in [6, 6.07) is 11.2. The third-order valence-electron chi connectivity index (χ3n) is 4.66. The Bertz CT molecular complexity index is 702. The largest absolute Gasteiger partial charge is 0.493 e. The number of hydrogen-bond acceptors (Lipinski definition) is 4. The number of benzene rings is 2. The highest BCUT2D eigenvalue weighted by Crippen LogP contribution is 2.38. The highest BCUT2D eigenvalue weighted by atomic mass is 16.5. The first-order chi connectivity index (χ1) is 11.7. The van der Waals surface area contributed by atoms with Crippen LogP contribution in [0.5, 0.6) is 17.2 Å². The molecule has 128 valence electrons. The van der Waals surface area contributed by atoms with E-state index in [-0.39, 0.29) is 0 Å². The van der Waals surface area contributed by atoms with Gasteiger partial charge in [0.1, 0.15) is 0 Å². The molecule has 0 aliphatic heterocycles. The van der Waals surface area contributed by atoms with Gasteiger partial charge in [0.15, 0.2) is 11.5 Å². The van der Waals surface area contributed by atoms with Crippen LogP contribution in [0.1, 0.15) is 34.7 Å². The molecule has 0 amide bonds. The van der Waals surface area contributed by atoms with Gasteiger partial charge in [0.05, 0.1) is 21.3 Å². The average Bonchev–Trinajstić information content (AvgIpc) is 3.00. The minimum absolute atomic E-state index is 0.402. The number of hydrogen-bond donors (Lipinski definition) is 1. The summed E-state index contributed by atoms with van der Waals surface area (Å²) >= 11 is 0. The monoisotopic (exact) mass is 327 g/mol. The van der Waals surface area contributed by atoms with Crippen LogP contribution in [0, 0.1) is 6.92 Å². The lowest BCUT2D eigenvalue weighted by molar-refractivity contribution is 0.323. The molecule has 1 atom stereocenters. The molecule has 0 aromatic heterocycles. The van der Waals surface area contributed by atoms with E-state index in [1.54, 1.807) is 21.3 Å². The van der Waals surface area contributed by atoms with E-state index in [4.69, 9.17) is 14.2 Å². The van der Waals surface area contributed by atoms with Crippen molar-refractivity contribution in [2.45, 2.75) is 32.4 Å². The fourth-order valence-electron chi connectivity index (χ4n) is 3.41. The van der Waals surface area contributed by atoms with E-state index in [9.17, 15) is 0 Å². The summed E-state index contributed by atoms with van der Waals surface area (Å²) < 4.78 is 16.2. The van der Waals surface area contributed by atoms with Crippen molar-refractivity contribution < 1.29 is 14.2 Å². The van der Waals surface area contributed by atoms with E-state index >= 15 is 0 Å². The van der Waals surface area contributed by atoms with Gasteiger partial charge in [-0.1, -0.05) is 23.8 Å². The summed E-state index contributed by atoms with van der Waals surface area (Å²) in [6.45, 7) is 2.91. The molecule has 0 heterocycles. The molecule has 4 heteroatoms. The van der Waals surface area contributed by atoms with Gasteiger partial charge in [0.25, 0.3) is 0 Å². The summed E-state index contributed by atoms with van der Waals surface area (Å²) in [5, 5.41) is 3.67. The Labute approximate surface area is 143 Å². The topological polar surface area (TPSA) is 39.7 Å². The molecule has 3 rings (SSSR count). The van der Waals surface area contributed by atoms with E-state index in [1.807, 2.05) is 12.1 Å². The molecule has 2 aromatic carbocycles. The van der Waals surface area contributed by atoms with Gasteiger partial charge in [-0.25, -0.2) is 0 Å². The second kappa shape index (κ2) is 7.14. The SMILES string of the molecule is COc1cc(CNC2CCc3ccc(C)cc32)cc(OC)c1OC. The van der Waals surface area contributed by atoms with Crippen molar-refractivity contribution in [3.63, 3.8) is 0 Å². The van der Waals surface area contributed by atoms with Crippen molar-refractivity contribution in [1.82, 2.24) is 5.32 Å². The van der Waals surface area contributed by atoms with Crippen molar-refractivity contribution in [3.05, 3.63) is 52.6 Å². The lowest BCUT2D eigenvalue weighted by atomic mass is 10.0. The molecule has 1 N–H and O–H groups in total. The summed E-state index contributed by atoms with van der Waals surface area (Å²) in [6.07, 6.45) is 2.28. The van der Waals surface area contributed by atoms with Crippen LogP contribution in [0.2, 0.25) is 0 Å². The zero-order valence-electron chi connectivity index (χ0n) is 14.8. The third kappa shape index (κ3) is 3.20. The van der Waals surface area contributed by atoms with Crippen LogP contribution in [0.3, 0.4) is 0 Å². The molecule has 0 spiro atoms. The second-order valence-electron chi connectivity index (χ2n) is 6.21. The Kier molecular flexibility index (Phi) is 4.95. The number of methoxy groups -OCH3 is 3. The van der Waals surface area contributed by atoms with E-state index in [0.717, 1.165) is 24.9 Å². The summed E-state index contributed by atoms with van der Waals surface area (Å²) in [7, 11) is 4.91. The van der Waals surface area contributed by atoms with E-state index < -0.39 is 0 Å². The molecule has 0 bridgehead atoms. The van der Waals surface area contributed by atoms with Crippen molar-refractivity contribution in [3.8, 4) is 17.2 Å². The maximum Gasteiger partial charge on any atom is 0.203 e. The van der Waals surface area contributed by atoms with Crippen LogP contribution >= 0.6 is 0 Å². The van der Waals surface area contributed by atoms with Gasteiger partial charge in [-0.05, 0) is 48.6 Å². The summed E-state index contributed by atoms with van der Waals surface area (Å²) in [4.78, 5) is 0. The lowest BCUT2D eigenvalue weighted by Gasteiger charge is -2.17. The van der Waals surface area contributed by atoms with E-state index in [1.165, 1.54) is 16.7 Å². The number of fused-ring (bicyclic) bond motifs is 1. The Hall–Kier alpha value is -2.20. The molecule has 0 saturated heterocycles. The minimum atomic E-state index is 0.402. The van der Waals surface area contributed by atoms with Crippen LogP contribution in [0.25, 0.3) is 0 Å². The molecule has 1 aliphatic carbocycles. The molecule has 0 fully saturated rings. The van der Waals surface area contributed by atoms with Crippen molar-refractivity contribution in [2.24, 2.45) is 0 Å². The van der Waals surface area contributed by atoms with Crippen molar-refractivity contribution >= 4 is 0 Å². The quantitative estimate of drug-likeness (QED) is 0.876. The van der Waals surface area contributed by atoms with Gasteiger partial charge in [-0.3, -0.25) is 0 Å². The standard InChI is InChI=1S/C20H25NO3/c1-13-5-6-15-7-8-17(16(15)9-13)21-12-14-10-18(22-2)20(24-4)19(11-14)23-3/h5-6,9-11,17,21H,7-8,12H2,1-4H3. The first-order valence-electron chi connectivity index (χ1n) is 8.28. The zero-order valence-corrected chi connectivity index (χ0v) is 14.8. The van der Waals surface area contributed by atoms with Gasteiger partial charge in [0, 0.05) is 12.6 Å². The molecule has 4 nitrogen and oxygen atoms in total. The van der Waals surface area contributed by atoms with Gasteiger partial charge in [0.2, 0.25) is 5.75 Å². The van der Waals surface area contributed by atoms with Gasteiger partial charge in [-0.2, -0.15) is 0 Å². The van der Waals surface area contributed by atoms with Gasteiger partial charge < -0.3 is 19.5 Å². The predicted octanol–water partition coefficient (Wildman–Crippen LogP) is 3.80. The Balaban J connectivity index is 1.77. The zero-order chi connectivity index (χ0) is 17.1. The van der Waals surface area contributed by atoms with Crippen LogP contribution < -0.4 is 19.5 Å². The van der Waals surface area contributed by atoms with Crippen LogP contribution in [0.4, 0.5) is 0 Å². The first-order valence-corrected chi connectivity index (χ1v) is 8.28. The smallest absolute Gasteiger partial charge is 0.203 e. The minimum Gasteiger partial charge on any atom is -0.493 e. The Morgan fingerprint density at radius 1 is 1.00 bits per heavy atom. The number of rotatable bonds is 6. The van der Waals surface area contributed by atoms with Gasteiger partial charge >= 0.3 is 0 Å².